The summed E-state index contributed by atoms with van der Waals surface area (Å²) in [7, 11) is 1.59. The van der Waals surface area contributed by atoms with E-state index in [0.717, 1.165) is 0 Å². The molecule has 2 N–H and O–H groups in total. The quantitative estimate of drug-likeness (QED) is 0.617. The van der Waals surface area contributed by atoms with Gasteiger partial charge in [0.25, 0.3) is 0 Å². The Balaban J connectivity index is 4.11. The fourth-order valence-corrected chi connectivity index (χ4v) is 1.52. The van der Waals surface area contributed by atoms with Crippen LogP contribution in [0.25, 0.3) is 0 Å². The highest BCUT2D eigenvalue weighted by molar-refractivity contribution is 5.76. The second-order valence-electron chi connectivity index (χ2n) is 5.30. The lowest BCUT2D eigenvalue weighted by Gasteiger charge is -2.35. The molecule has 118 valence electrons. The lowest BCUT2D eigenvalue weighted by Crippen LogP contribution is -2.51. The number of hydrogen-bond acceptors (Lipinski definition) is 4. The molecule has 0 rings (SSSR count). The van der Waals surface area contributed by atoms with Crippen molar-refractivity contribution in [3.63, 3.8) is 0 Å². The van der Waals surface area contributed by atoms with Gasteiger partial charge in [-0.2, -0.15) is 0 Å². The van der Waals surface area contributed by atoms with E-state index < -0.39 is 11.5 Å². The molecule has 0 aromatic carbocycles. The van der Waals surface area contributed by atoms with E-state index in [1.165, 1.54) is 4.90 Å². The molecule has 0 aliphatic rings. The lowest BCUT2D eigenvalue weighted by atomic mass is 10.1. The molecule has 20 heavy (non-hydrogen) atoms. The summed E-state index contributed by atoms with van der Waals surface area (Å²) in [6.07, 6.45) is -0.0744. The van der Waals surface area contributed by atoms with Crippen LogP contribution in [0.1, 0.15) is 27.2 Å². The summed E-state index contributed by atoms with van der Waals surface area (Å²) in [5.74, 6) is -0.921. The van der Waals surface area contributed by atoms with Gasteiger partial charge in [-0.3, -0.25) is 4.79 Å². The third-order valence-electron chi connectivity index (χ3n) is 2.56. The van der Waals surface area contributed by atoms with Gasteiger partial charge < -0.3 is 24.8 Å². The first-order valence-corrected chi connectivity index (χ1v) is 6.63. The standard InChI is InChI=1S/C13H26N2O5/c1-13(2,3)15(7-5-11(16)17)12(18)14-6-8-20-10-9-19-4/h5-10H2,1-4H3,(H,14,18)(H,16,17). The van der Waals surface area contributed by atoms with Gasteiger partial charge in [0.2, 0.25) is 0 Å². The van der Waals surface area contributed by atoms with E-state index in [4.69, 9.17) is 14.6 Å². The molecule has 0 fully saturated rings. The van der Waals surface area contributed by atoms with Crippen molar-refractivity contribution in [1.29, 1.82) is 0 Å². The number of methoxy groups -OCH3 is 1. The largest absolute Gasteiger partial charge is 0.481 e. The van der Waals surface area contributed by atoms with Crippen LogP contribution in [-0.4, -0.2) is 67.6 Å². The average molecular weight is 290 g/mol. The van der Waals surface area contributed by atoms with Crippen molar-refractivity contribution < 1.29 is 24.2 Å². The first kappa shape index (κ1) is 18.7. The number of nitrogens with zero attached hydrogens (tertiary/aromatic N) is 1. The van der Waals surface area contributed by atoms with E-state index in [-0.39, 0.29) is 19.0 Å². The van der Waals surface area contributed by atoms with Crippen LogP contribution in [-0.2, 0) is 14.3 Å². The molecule has 0 aliphatic heterocycles. The lowest BCUT2D eigenvalue weighted by molar-refractivity contribution is -0.137. The first-order chi connectivity index (χ1) is 9.29. The second kappa shape index (κ2) is 9.55. The van der Waals surface area contributed by atoms with Gasteiger partial charge >= 0.3 is 12.0 Å². The highest BCUT2D eigenvalue weighted by Gasteiger charge is 2.26. The highest BCUT2D eigenvalue weighted by Crippen LogP contribution is 2.13. The van der Waals surface area contributed by atoms with E-state index in [0.29, 0.717) is 26.4 Å². The number of carboxylic acid groups (broad SMARTS) is 1. The minimum atomic E-state index is -0.921. The molecule has 0 atom stereocenters. The fourth-order valence-electron chi connectivity index (χ4n) is 1.52. The summed E-state index contributed by atoms with van der Waals surface area (Å²) >= 11 is 0. The van der Waals surface area contributed by atoms with E-state index >= 15 is 0 Å². The summed E-state index contributed by atoms with van der Waals surface area (Å²) in [5, 5.41) is 11.4. The van der Waals surface area contributed by atoms with Gasteiger partial charge in [-0.1, -0.05) is 0 Å². The Kier molecular flexibility index (Phi) is 8.91. The molecule has 0 saturated carbocycles. The Morgan fingerprint density at radius 2 is 1.85 bits per heavy atom. The molecule has 2 amide bonds. The van der Waals surface area contributed by atoms with Gasteiger partial charge in [0.05, 0.1) is 26.2 Å². The van der Waals surface area contributed by atoms with Crippen molar-refractivity contribution in [3.8, 4) is 0 Å². The molecule has 7 heteroatoms. The van der Waals surface area contributed by atoms with Crippen LogP contribution < -0.4 is 5.32 Å². The van der Waals surface area contributed by atoms with Crippen molar-refractivity contribution in [2.75, 3.05) is 40.0 Å². The number of carboxylic acids is 1. The van der Waals surface area contributed by atoms with Crippen molar-refractivity contribution in [2.45, 2.75) is 32.7 Å². The van der Waals surface area contributed by atoms with Crippen LogP contribution in [0.3, 0.4) is 0 Å². The zero-order valence-corrected chi connectivity index (χ0v) is 12.8. The van der Waals surface area contributed by atoms with Crippen LogP contribution in [0.4, 0.5) is 4.79 Å². The molecule has 0 aliphatic carbocycles. The number of hydrogen-bond donors (Lipinski definition) is 2. The Morgan fingerprint density at radius 3 is 2.35 bits per heavy atom. The zero-order valence-electron chi connectivity index (χ0n) is 12.8. The van der Waals surface area contributed by atoms with E-state index in [9.17, 15) is 9.59 Å². The highest BCUT2D eigenvalue weighted by atomic mass is 16.5. The fraction of sp³-hybridized carbons (Fsp3) is 0.846. The minimum Gasteiger partial charge on any atom is -0.481 e. The molecule has 0 saturated heterocycles. The molecule has 0 heterocycles. The molecular formula is C13H26N2O5. The average Bonchev–Trinajstić information content (AvgIpc) is 2.31. The number of amides is 2. The molecule has 0 aromatic heterocycles. The topological polar surface area (TPSA) is 88.1 Å². The van der Waals surface area contributed by atoms with Gasteiger partial charge in [0, 0.05) is 25.7 Å². The van der Waals surface area contributed by atoms with Gasteiger partial charge in [-0.05, 0) is 20.8 Å². The molecule has 0 aromatic rings. The molecule has 7 nitrogen and oxygen atoms in total. The van der Waals surface area contributed by atoms with Gasteiger partial charge in [-0.15, -0.1) is 0 Å². The summed E-state index contributed by atoms with van der Waals surface area (Å²) in [5.41, 5.74) is -0.434. The minimum absolute atomic E-state index is 0.0744. The Hall–Kier alpha value is -1.34. The molecular weight excluding hydrogens is 264 g/mol. The normalized spacial score (nSPS) is 11.2. The summed E-state index contributed by atoms with van der Waals surface area (Å²) in [4.78, 5) is 24.2. The van der Waals surface area contributed by atoms with E-state index in [1.54, 1.807) is 7.11 Å². The number of carbonyl (C=O) groups excluding carboxylic acids is 1. The predicted octanol–water partition coefficient (Wildman–Crippen LogP) is 0.934. The monoisotopic (exact) mass is 290 g/mol. The van der Waals surface area contributed by atoms with E-state index in [2.05, 4.69) is 5.32 Å². The van der Waals surface area contributed by atoms with Crippen molar-refractivity contribution >= 4 is 12.0 Å². The van der Waals surface area contributed by atoms with Crippen LogP contribution in [0.2, 0.25) is 0 Å². The third-order valence-corrected chi connectivity index (χ3v) is 2.56. The number of urea groups is 1. The van der Waals surface area contributed by atoms with Crippen LogP contribution in [0.15, 0.2) is 0 Å². The van der Waals surface area contributed by atoms with Gasteiger partial charge in [0.1, 0.15) is 0 Å². The molecule has 0 spiro atoms. The maximum atomic E-state index is 12.0. The first-order valence-electron chi connectivity index (χ1n) is 6.63. The number of rotatable bonds is 9. The molecule has 0 bridgehead atoms. The summed E-state index contributed by atoms with van der Waals surface area (Å²) in [6.45, 7) is 7.54. The van der Waals surface area contributed by atoms with Crippen LogP contribution in [0, 0.1) is 0 Å². The predicted molar refractivity (Wildman–Crippen MR) is 74.8 cm³/mol. The number of nitrogens with one attached hydrogen (secondary N) is 1. The van der Waals surface area contributed by atoms with Crippen molar-refractivity contribution in [1.82, 2.24) is 10.2 Å². The Morgan fingerprint density at radius 1 is 1.20 bits per heavy atom. The van der Waals surface area contributed by atoms with Gasteiger partial charge in [-0.25, -0.2) is 4.79 Å². The van der Waals surface area contributed by atoms with E-state index in [1.807, 2.05) is 20.8 Å². The van der Waals surface area contributed by atoms with Crippen molar-refractivity contribution in [3.05, 3.63) is 0 Å². The molecule has 0 unspecified atom stereocenters. The van der Waals surface area contributed by atoms with Crippen LogP contribution in [0.5, 0.6) is 0 Å². The number of ether oxygens (including phenoxy) is 2. The Bertz CT molecular complexity index is 302. The maximum absolute atomic E-state index is 12.0. The smallest absolute Gasteiger partial charge is 0.317 e. The summed E-state index contributed by atoms with van der Waals surface area (Å²) in [6, 6.07) is -0.283. The van der Waals surface area contributed by atoms with Gasteiger partial charge in [0.15, 0.2) is 0 Å². The third kappa shape index (κ3) is 8.71. The SMILES string of the molecule is COCCOCCNC(=O)N(CCC(=O)O)C(C)(C)C. The summed E-state index contributed by atoms with van der Waals surface area (Å²) < 4.78 is 10.1. The van der Waals surface area contributed by atoms with Crippen LogP contribution >= 0.6 is 0 Å². The Labute approximate surface area is 120 Å². The zero-order chi connectivity index (χ0) is 15.6. The maximum Gasteiger partial charge on any atom is 0.317 e. The number of aliphatic carboxylic acids is 1. The second-order valence-corrected chi connectivity index (χ2v) is 5.30. The number of carbonyl (C=O) groups is 2. The molecule has 0 radical (unpaired) electrons. The van der Waals surface area contributed by atoms with Crippen molar-refractivity contribution in [2.24, 2.45) is 0 Å².